The third-order valence-electron chi connectivity index (χ3n) is 4.03. The Hall–Kier alpha value is -1.91. The van der Waals surface area contributed by atoms with Crippen LogP contribution < -0.4 is 4.90 Å². The summed E-state index contributed by atoms with van der Waals surface area (Å²) in [4.78, 5) is 28.6. The van der Waals surface area contributed by atoms with Crippen LogP contribution >= 0.6 is 0 Å². The Morgan fingerprint density at radius 1 is 1.37 bits per heavy atom. The number of rotatable bonds is 2. The van der Waals surface area contributed by atoms with E-state index in [1.165, 1.54) is 0 Å². The molecule has 19 heavy (non-hydrogen) atoms. The molecule has 0 bridgehead atoms. The van der Waals surface area contributed by atoms with E-state index >= 15 is 0 Å². The molecule has 1 aromatic heterocycles. The second-order valence-corrected chi connectivity index (χ2v) is 5.30. The van der Waals surface area contributed by atoms with Gasteiger partial charge in [-0.05, 0) is 37.8 Å². The number of pyridine rings is 1. The van der Waals surface area contributed by atoms with Crippen molar-refractivity contribution >= 4 is 18.2 Å². The normalized spacial score (nSPS) is 30.4. The van der Waals surface area contributed by atoms with Gasteiger partial charge in [0.1, 0.15) is 17.7 Å². The van der Waals surface area contributed by atoms with E-state index in [9.17, 15) is 9.59 Å². The van der Waals surface area contributed by atoms with Crippen molar-refractivity contribution in [1.29, 1.82) is 0 Å². The molecule has 2 fully saturated rings. The highest BCUT2D eigenvalue weighted by Crippen LogP contribution is 2.39. The third-order valence-corrected chi connectivity index (χ3v) is 4.03. The van der Waals surface area contributed by atoms with E-state index in [0.29, 0.717) is 12.4 Å². The largest absolute Gasteiger partial charge is 0.441 e. The Labute approximate surface area is 111 Å². The van der Waals surface area contributed by atoms with Gasteiger partial charge in [0.05, 0.1) is 6.54 Å². The second kappa shape index (κ2) is 4.64. The molecule has 1 saturated carbocycles. The van der Waals surface area contributed by atoms with Crippen LogP contribution in [0.5, 0.6) is 0 Å². The van der Waals surface area contributed by atoms with Crippen LogP contribution in [-0.4, -0.2) is 29.5 Å². The summed E-state index contributed by atoms with van der Waals surface area (Å²) in [5, 5.41) is 0. The Kier molecular flexibility index (Phi) is 2.97. The fourth-order valence-corrected chi connectivity index (χ4v) is 2.88. The summed E-state index contributed by atoms with van der Waals surface area (Å²) in [6, 6.07) is 5.47. The topological polar surface area (TPSA) is 59.5 Å². The highest BCUT2D eigenvalue weighted by molar-refractivity contribution is 5.89. The van der Waals surface area contributed by atoms with Crippen LogP contribution in [-0.2, 0) is 9.53 Å². The van der Waals surface area contributed by atoms with Gasteiger partial charge in [-0.15, -0.1) is 0 Å². The maximum absolute atomic E-state index is 12.0. The average Bonchev–Trinajstić information content (AvgIpc) is 2.77. The minimum Gasteiger partial charge on any atom is -0.441 e. The lowest BCUT2D eigenvalue weighted by Gasteiger charge is -2.33. The molecule has 0 unspecified atom stereocenters. The van der Waals surface area contributed by atoms with Crippen LogP contribution in [0.2, 0.25) is 0 Å². The SMILES string of the molecule is O=CC1CCC2(CC1)CN(c1ccccn1)C(=O)O2. The molecular weight excluding hydrogens is 244 g/mol. The molecule has 1 amide bonds. The number of nitrogens with zero attached hydrogens (tertiary/aromatic N) is 2. The van der Waals surface area contributed by atoms with E-state index in [1.807, 2.05) is 12.1 Å². The minimum atomic E-state index is -0.423. The Bertz CT molecular complexity index is 481. The number of aromatic nitrogens is 1. The lowest BCUT2D eigenvalue weighted by molar-refractivity contribution is -0.113. The Balaban J connectivity index is 1.75. The van der Waals surface area contributed by atoms with Crippen molar-refractivity contribution in [2.75, 3.05) is 11.4 Å². The molecule has 1 saturated heterocycles. The van der Waals surface area contributed by atoms with E-state index in [1.54, 1.807) is 17.2 Å². The van der Waals surface area contributed by atoms with E-state index in [0.717, 1.165) is 32.0 Å². The molecule has 0 N–H and O–H groups in total. The van der Waals surface area contributed by atoms with Crippen LogP contribution in [0, 0.1) is 5.92 Å². The van der Waals surface area contributed by atoms with Crippen LogP contribution in [0.15, 0.2) is 24.4 Å². The first kappa shape index (κ1) is 12.1. The fourth-order valence-electron chi connectivity index (χ4n) is 2.88. The summed E-state index contributed by atoms with van der Waals surface area (Å²) in [5.74, 6) is 0.745. The van der Waals surface area contributed by atoms with Crippen LogP contribution in [0.4, 0.5) is 10.6 Å². The molecule has 0 atom stereocenters. The summed E-state index contributed by atoms with van der Waals surface area (Å²) >= 11 is 0. The number of aldehydes is 1. The van der Waals surface area contributed by atoms with Crippen molar-refractivity contribution in [3.8, 4) is 0 Å². The predicted octanol–water partition coefficient (Wildman–Crippen LogP) is 2.17. The summed E-state index contributed by atoms with van der Waals surface area (Å²) in [5.41, 5.74) is -0.423. The average molecular weight is 260 g/mol. The van der Waals surface area contributed by atoms with Gasteiger partial charge >= 0.3 is 6.09 Å². The molecule has 3 rings (SSSR count). The van der Waals surface area contributed by atoms with Crippen LogP contribution in [0.3, 0.4) is 0 Å². The Morgan fingerprint density at radius 2 is 2.16 bits per heavy atom. The van der Waals surface area contributed by atoms with Crippen molar-refractivity contribution in [2.24, 2.45) is 5.92 Å². The maximum atomic E-state index is 12.0. The summed E-state index contributed by atoms with van der Waals surface area (Å²) in [7, 11) is 0. The van der Waals surface area contributed by atoms with Gasteiger partial charge in [0.15, 0.2) is 0 Å². The molecule has 5 heteroatoms. The predicted molar refractivity (Wildman–Crippen MR) is 68.8 cm³/mol. The first-order chi connectivity index (χ1) is 9.22. The lowest BCUT2D eigenvalue weighted by Crippen LogP contribution is -2.39. The molecule has 2 heterocycles. The molecule has 0 aromatic carbocycles. The quantitative estimate of drug-likeness (QED) is 0.765. The zero-order valence-corrected chi connectivity index (χ0v) is 10.6. The molecule has 1 spiro atoms. The van der Waals surface area contributed by atoms with E-state index in [4.69, 9.17) is 4.74 Å². The summed E-state index contributed by atoms with van der Waals surface area (Å²) < 4.78 is 5.58. The first-order valence-electron chi connectivity index (χ1n) is 6.59. The molecule has 2 aliphatic rings. The molecule has 1 aromatic rings. The number of anilines is 1. The number of ether oxygens (including phenoxy) is 1. The number of carbonyl (C=O) groups excluding carboxylic acids is 2. The first-order valence-corrected chi connectivity index (χ1v) is 6.59. The Morgan fingerprint density at radius 3 is 2.79 bits per heavy atom. The molecule has 1 aliphatic carbocycles. The molecule has 1 aliphatic heterocycles. The van der Waals surface area contributed by atoms with Crippen molar-refractivity contribution in [3.63, 3.8) is 0 Å². The van der Waals surface area contributed by atoms with E-state index in [2.05, 4.69) is 4.98 Å². The smallest absolute Gasteiger partial charge is 0.416 e. The van der Waals surface area contributed by atoms with Crippen molar-refractivity contribution < 1.29 is 14.3 Å². The second-order valence-electron chi connectivity index (χ2n) is 5.30. The summed E-state index contributed by atoms with van der Waals surface area (Å²) in [6.45, 7) is 0.536. The van der Waals surface area contributed by atoms with Crippen molar-refractivity contribution in [2.45, 2.75) is 31.3 Å². The molecule has 0 radical (unpaired) electrons. The molecular formula is C14H16N2O3. The highest BCUT2D eigenvalue weighted by Gasteiger charge is 2.47. The molecule has 5 nitrogen and oxygen atoms in total. The van der Waals surface area contributed by atoms with Gasteiger partial charge in [0.25, 0.3) is 0 Å². The van der Waals surface area contributed by atoms with Gasteiger partial charge in [-0.2, -0.15) is 0 Å². The number of carbonyl (C=O) groups is 2. The van der Waals surface area contributed by atoms with Gasteiger partial charge < -0.3 is 9.53 Å². The molecule has 100 valence electrons. The van der Waals surface area contributed by atoms with Crippen LogP contribution in [0.25, 0.3) is 0 Å². The van der Waals surface area contributed by atoms with E-state index in [-0.39, 0.29) is 12.0 Å². The van der Waals surface area contributed by atoms with Crippen molar-refractivity contribution in [3.05, 3.63) is 24.4 Å². The number of hydrogen-bond donors (Lipinski definition) is 0. The zero-order valence-electron chi connectivity index (χ0n) is 10.6. The standard InChI is InChI=1S/C14H16N2O3/c17-9-11-4-6-14(7-5-11)10-16(13(18)19-14)12-3-1-2-8-15-12/h1-3,8-9,11H,4-7,10H2. The monoisotopic (exact) mass is 260 g/mol. The van der Waals surface area contributed by atoms with Gasteiger partial charge in [-0.1, -0.05) is 6.07 Å². The van der Waals surface area contributed by atoms with Gasteiger partial charge in [0.2, 0.25) is 0 Å². The minimum absolute atomic E-state index is 0.119. The fraction of sp³-hybridized carbons (Fsp3) is 0.500. The van der Waals surface area contributed by atoms with Gasteiger partial charge in [-0.25, -0.2) is 9.78 Å². The van der Waals surface area contributed by atoms with Gasteiger partial charge in [0, 0.05) is 12.1 Å². The van der Waals surface area contributed by atoms with Crippen LogP contribution in [0.1, 0.15) is 25.7 Å². The zero-order chi connectivity index (χ0) is 13.3. The van der Waals surface area contributed by atoms with Crippen molar-refractivity contribution in [1.82, 2.24) is 4.98 Å². The maximum Gasteiger partial charge on any atom is 0.416 e. The van der Waals surface area contributed by atoms with Gasteiger partial charge in [-0.3, -0.25) is 4.90 Å². The number of amides is 1. The lowest BCUT2D eigenvalue weighted by atomic mass is 9.79. The van der Waals surface area contributed by atoms with E-state index < -0.39 is 5.60 Å². The third kappa shape index (κ3) is 2.20. The summed E-state index contributed by atoms with van der Waals surface area (Å²) in [6.07, 6.45) is 5.46. The number of hydrogen-bond acceptors (Lipinski definition) is 4. The highest BCUT2D eigenvalue weighted by atomic mass is 16.6.